The standard InChI is InChI=1S/C19H20N4OS/c1-14(2)25-19-21-20-18-22(12-13-24-15-8-4-3-5-9-15)16-10-6-7-11-17(16)23(18)19/h3-11,14H,12-13H2,1-2H3. The van der Waals surface area contributed by atoms with Crippen molar-refractivity contribution in [3.8, 4) is 5.75 Å². The maximum absolute atomic E-state index is 5.87. The van der Waals surface area contributed by atoms with Gasteiger partial charge in [-0.15, -0.1) is 10.2 Å². The Morgan fingerprint density at radius 1 is 0.960 bits per heavy atom. The summed E-state index contributed by atoms with van der Waals surface area (Å²) in [6.07, 6.45) is 0. The zero-order valence-electron chi connectivity index (χ0n) is 14.3. The molecule has 2 heterocycles. The molecule has 0 unspecified atom stereocenters. The zero-order chi connectivity index (χ0) is 17.2. The van der Waals surface area contributed by atoms with Crippen molar-refractivity contribution in [1.82, 2.24) is 19.2 Å². The van der Waals surface area contributed by atoms with E-state index in [2.05, 4.69) is 57.3 Å². The topological polar surface area (TPSA) is 44.3 Å². The van der Waals surface area contributed by atoms with Gasteiger partial charge in [0.1, 0.15) is 12.4 Å². The molecular formula is C19H20N4OS. The van der Waals surface area contributed by atoms with Crippen molar-refractivity contribution >= 4 is 28.6 Å². The van der Waals surface area contributed by atoms with E-state index in [9.17, 15) is 0 Å². The van der Waals surface area contributed by atoms with E-state index >= 15 is 0 Å². The molecule has 0 aliphatic rings. The van der Waals surface area contributed by atoms with E-state index in [1.54, 1.807) is 11.8 Å². The lowest BCUT2D eigenvalue weighted by atomic mass is 10.3. The molecule has 2 aromatic carbocycles. The number of imidazole rings is 1. The van der Waals surface area contributed by atoms with Crippen molar-refractivity contribution in [1.29, 1.82) is 0 Å². The molecule has 6 heteroatoms. The van der Waals surface area contributed by atoms with E-state index in [1.165, 1.54) is 0 Å². The normalized spacial score (nSPS) is 11.6. The lowest BCUT2D eigenvalue weighted by molar-refractivity contribution is 0.301. The van der Waals surface area contributed by atoms with Crippen molar-refractivity contribution in [2.75, 3.05) is 6.61 Å². The number of para-hydroxylation sites is 3. The molecule has 4 aromatic rings. The largest absolute Gasteiger partial charge is 0.492 e. The molecule has 4 rings (SSSR count). The van der Waals surface area contributed by atoms with Gasteiger partial charge in [0.2, 0.25) is 5.78 Å². The van der Waals surface area contributed by atoms with Gasteiger partial charge in [-0.3, -0.25) is 4.40 Å². The molecule has 25 heavy (non-hydrogen) atoms. The Labute approximate surface area is 150 Å². The molecule has 0 bridgehead atoms. The molecule has 0 saturated heterocycles. The molecule has 0 N–H and O–H groups in total. The summed E-state index contributed by atoms with van der Waals surface area (Å²) in [6, 6.07) is 18.2. The molecule has 0 fully saturated rings. The van der Waals surface area contributed by atoms with Crippen LogP contribution >= 0.6 is 11.8 Å². The molecule has 5 nitrogen and oxygen atoms in total. The first-order valence-corrected chi connectivity index (χ1v) is 9.29. The predicted molar refractivity (Wildman–Crippen MR) is 101 cm³/mol. The van der Waals surface area contributed by atoms with Gasteiger partial charge >= 0.3 is 0 Å². The zero-order valence-corrected chi connectivity index (χ0v) is 15.1. The molecule has 0 aliphatic heterocycles. The Hall–Kier alpha value is -2.47. The number of fused-ring (bicyclic) bond motifs is 3. The van der Waals surface area contributed by atoms with Crippen molar-refractivity contribution in [2.24, 2.45) is 0 Å². The van der Waals surface area contributed by atoms with E-state index in [0.29, 0.717) is 11.9 Å². The fourth-order valence-electron chi connectivity index (χ4n) is 2.92. The fraction of sp³-hybridized carbons (Fsp3) is 0.263. The average molecular weight is 352 g/mol. The van der Waals surface area contributed by atoms with E-state index in [0.717, 1.165) is 34.3 Å². The minimum Gasteiger partial charge on any atom is -0.492 e. The maximum atomic E-state index is 5.87. The Morgan fingerprint density at radius 2 is 1.68 bits per heavy atom. The van der Waals surface area contributed by atoms with Gasteiger partial charge in [0.05, 0.1) is 17.6 Å². The smallest absolute Gasteiger partial charge is 0.237 e. The number of hydrogen-bond acceptors (Lipinski definition) is 4. The lowest BCUT2D eigenvalue weighted by Crippen LogP contribution is -2.08. The van der Waals surface area contributed by atoms with Crippen molar-refractivity contribution < 1.29 is 4.74 Å². The molecule has 0 aliphatic carbocycles. The summed E-state index contributed by atoms with van der Waals surface area (Å²) >= 11 is 1.73. The Balaban J connectivity index is 1.68. The number of benzene rings is 2. The minimum absolute atomic E-state index is 0.455. The number of thioether (sulfide) groups is 1. The Morgan fingerprint density at radius 3 is 2.44 bits per heavy atom. The molecule has 0 amide bonds. The highest BCUT2D eigenvalue weighted by Gasteiger charge is 2.17. The molecule has 128 valence electrons. The van der Waals surface area contributed by atoms with E-state index in [4.69, 9.17) is 4.74 Å². The molecule has 2 aromatic heterocycles. The summed E-state index contributed by atoms with van der Waals surface area (Å²) in [5, 5.41) is 10.2. The van der Waals surface area contributed by atoms with Crippen molar-refractivity contribution in [3.05, 3.63) is 54.6 Å². The van der Waals surface area contributed by atoms with Crippen LogP contribution in [0, 0.1) is 0 Å². The number of rotatable bonds is 6. The third kappa shape index (κ3) is 3.09. The number of ether oxygens (including phenoxy) is 1. The summed E-state index contributed by atoms with van der Waals surface area (Å²) in [5.74, 6) is 1.74. The average Bonchev–Trinajstić information content (AvgIpc) is 3.15. The van der Waals surface area contributed by atoms with Gasteiger partial charge in [0.25, 0.3) is 0 Å². The van der Waals surface area contributed by atoms with Gasteiger partial charge in [-0.2, -0.15) is 0 Å². The second-order valence-electron chi connectivity index (χ2n) is 6.09. The van der Waals surface area contributed by atoms with E-state index < -0.39 is 0 Å². The van der Waals surface area contributed by atoms with Crippen molar-refractivity contribution in [2.45, 2.75) is 30.8 Å². The van der Waals surface area contributed by atoms with Crippen LogP contribution in [0.4, 0.5) is 0 Å². The van der Waals surface area contributed by atoms with Crippen LogP contribution < -0.4 is 4.74 Å². The quantitative estimate of drug-likeness (QED) is 0.486. The first kappa shape index (κ1) is 16.0. The van der Waals surface area contributed by atoms with Gasteiger partial charge in [0, 0.05) is 5.25 Å². The van der Waals surface area contributed by atoms with Crippen LogP contribution in [0.25, 0.3) is 16.8 Å². The summed E-state index contributed by atoms with van der Waals surface area (Å²) in [7, 11) is 0. The minimum atomic E-state index is 0.455. The highest BCUT2D eigenvalue weighted by atomic mass is 32.2. The monoisotopic (exact) mass is 352 g/mol. The Kier molecular flexibility index (Phi) is 4.36. The van der Waals surface area contributed by atoms with Crippen LogP contribution in [0.3, 0.4) is 0 Å². The number of nitrogens with zero attached hydrogens (tertiary/aromatic N) is 4. The first-order valence-electron chi connectivity index (χ1n) is 8.41. The van der Waals surface area contributed by atoms with Crippen LogP contribution in [0.15, 0.2) is 59.8 Å². The highest BCUT2D eigenvalue weighted by molar-refractivity contribution is 7.99. The summed E-state index contributed by atoms with van der Waals surface area (Å²) in [4.78, 5) is 0. The number of hydrogen-bond donors (Lipinski definition) is 0. The highest BCUT2D eigenvalue weighted by Crippen LogP contribution is 2.27. The predicted octanol–water partition coefficient (Wildman–Crippen LogP) is 4.26. The third-order valence-corrected chi connectivity index (χ3v) is 4.89. The van der Waals surface area contributed by atoms with Gasteiger partial charge in [-0.1, -0.05) is 55.9 Å². The molecule has 0 atom stereocenters. The molecule has 0 radical (unpaired) electrons. The second-order valence-corrected chi connectivity index (χ2v) is 7.63. The molecular weight excluding hydrogens is 332 g/mol. The number of aromatic nitrogens is 4. The Bertz CT molecular complexity index is 991. The summed E-state index contributed by atoms with van der Waals surface area (Å²) in [5.41, 5.74) is 2.28. The van der Waals surface area contributed by atoms with Crippen LogP contribution in [-0.4, -0.2) is 31.0 Å². The van der Waals surface area contributed by atoms with Gasteiger partial charge < -0.3 is 9.30 Å². The second kappa shape index (κ2) is 6.80. The van der Waals surface area contributed by atoms with Gasteiger partial charge in [0.15, 0.2) is 5.16 Å². The summed E-state index contributed by atoms with van der Waals surface area (Å²) in [6.45, 7) is 5.63. The molecule has 0 spiro atoms. The fourth-order valence-corrected chi connectivity index (χ4v) is 3.71. The van der Waals surface area contributed by atoms with Gasteiger partial charge in [-0.05, 0) is 24.3 Å². The summed E-state index contributed by atoms with van der Waals surface area (Å²) < 4.78 is 10.2. The van der Waals surface area contributed by atoms with Gasteiger partial charge in [-0.25, -0.2) is 0 Å². The third-order valence-electron chi connectivity index (χ3n) is 3.94. The van der Waals surface area contributed by atoms with E-state index in [-0.39, 0.29) is 0 Å². The molecule has 0 saturated carbocycles. The van der Waals surface area contributed by atoms with Crippen molar-refractivity contribution in [3.63, 3.8) is 0 Å². The lowest BCUT2D eigenvalue weighted by Gasteiger charge is -2.07. The van der Waals surface area contributed by atoms with Crippen LogP contribution in [0.5, 0.6) is 5.75 Å². The van der Waals surface area contributed by atoms with Crippen LogP contribution in [0.2, 0.25) is 0 Å². The first-order chi connectivity index (χ1) is 12.2. The SMILES string of the molecule is CC(C)Sc1nnc2n(CCOc3ccccc3)c3ccccc3n12. The van der Waals surface area contributed by atoms with Crippen LogP contribution in [0.1, 0.15) is 13.8 Å². The maximum Gasteiger partial charge on any atom is 0.237 e. The van der Waals surface area contributed by atoms with Crippen LogP contribution in [-0.2, 0) is 6.54 Å². The van der Waals surface area contributed by atoms with E-state index in [1.807, 2.05) is 30.3 Å².